The zero-order valence-corrected chi connectivity index (χ0v) is 10.8. The van der Waals surface area contributed by atoms with Crippen LogP contribution in [0.3, 0.4) is 0 Å². The average Bonchev–Trinajstić information content (AvgIpc) is 2.26. The molecular formula is C14H24N2. The molecule has 0 aromatic carbocycles. The molecule has 0 spiro atoms. The molecule has 2 heteroatoms. The molecule has 0 amide bonds. The topological polar surface area (TPSA) is 24.9 Å². The molecule has 2 nitrogen and oxygen atoms in total. The molecule has 1 N–H and O–H groups in total. The minimum atomic E-state index is 0.617. The van der Waals surface area contributed by atoms with Gasteiger partial charge >= 0.3 is 0 Å². The van der Waals surface area contributed by atoms with Crippen molar-refractivity contribution < 1.29 is 0 Å². The third kappa shape index (κ3) is 4.65. The molecule has 1 unspecified atom stereocenters. The molecule has 1 rings (SSSR count). The second-order valence-corrected chi connectivity index (χ2v) is 4.46. The van der Waals surface area contributed by atoms with Gasteiger partial charge in [0.15, 0.2) is 0 Å². The number of hydrogen-bond acceptors (Lipinski definition) is 2. The van der Waals surface area contributed by atoms with Crippen molar-refractivity contribution in [2.24, 2.45) is 0 Å². The number of nitrogens with one attached hydrogen (secondary N) is 1. The summed E-state index contributed by atoms with van der Waals surface area (Å²) in [5.41, 5.74) is 2.29. The van der Waals surface area contributed by atoms with Crippen molar-refractivity contribution in [3.63, 3.8) is 0 Å². The van der Waals surface area contributed by atoms with Gasteiger partial charge < -0.3 is 5.32 Å². The highest BCUT2D eigenvalue weighted by Crippen LogP contribution is 2.15. The van der Waals surface area contributed by atoms with E-state index in [1.165, 1.54) is 37.8 Å². The first-order valence-corrected chi connectivity index (χ1v) is 6.45. The molecular weight excluding hydrogens is 196 g/mol. The molecule has 0 aliphatic carbocycles. The van der Waals surface area contributed by atoms with Gasteiger partial charge in [-0.15, -0.1) is 0 Å². The Balaban J connectivity index is 2.52. The average molecular weight is 220 g/mol. The fourth-order valence-electron chi connectivity index (χ4n) is 1.96. The number of hydrogen-bond donors (Lipinski definition) is 1. The Morgan fingerprint density at radius 3 is 2.69 bits per heavy atom. The summed E-state index contributed by atoms with van der Waals surface area (Å²) < 4.78 is 0. The number of aromatic nitrogens is 1. The minimum absolute atomic E-state index is 0.617. The summed E-state index contributed by atoms with van der Waals surface area (Å²) in [5, 5.41) is 3.62. The Morgan fingerprint density at radius 2 is 2.06 bits per heavy atom. The van der Waals surface area contributed by atoms with Crippen molar-refractivity contribution in [1.29, 1.82) is 0 Å². The lowest BCUT2D eigenvalue weighted by atomic mass is 10.0. The third-order valence-electron chi connectivity index (χ3n) is 2.81. The quantitative estimate of drug-likeness (QED) is 0.746. The summed E-state index contributed by atoms with van der Waals surface area (Å²) in [6, 6.07) is 4.79. The molecule has 0 aliphatic heterocycles. The number of unbranched alkanes of at least 4 members (excludes halogenated alkanes) is 1. The van der Waals surface area contributed by atoms with Gasteiger partial charge in [-0.2, -0.15) is 0 Å². The molecule has 0 saturated carbocycles. The zero-order valence-electron chi connectivity index (χ0n) is 10.8. The van der Waals surface area contributed by atoms with E-state index in [0.29, 0.717) is 6.04 Å². The molecule has 1 heterocycles. The summed E-state index contributed by atoms with van der Waals surface area (Å²) in [5.74, 6) is 0. The standard InChI is InChI=1S/C14H24N2/c1-4-6-8-13(7-5-2)16-14-9-10-15-12(3)11-14/h9-11,13H,4-8H2,1-3H3,(H,15,16). The number of rotatable bonds is 7. The first kappa shape index (κ1) is 13.0. The van der Waals surface area contributed by atoms with Crippen molar-refractivity contribution in [2.45, 2.75) is 58.9 Å². The molecule has 0 aliphatic rings. The van der Waals surface area contributed by atoms with E-state index in [4.69, 9.17) is 0 Å². The fraction of sp³-hybridized carbons (Fsp3) is 0.643. The van der Waals surface area contributed by atoms with E-state index < -0.39 is 0 Å². The molecule has 1 atom stereocenters. The van der Waals surface area contributed by atoms with Gasteiger partial charge in [0, 0.05) is 23.6 Å². The van der Waals surface area contributed by atoms with Crippen molar-refractivity contribution in [3.05, 3.63) is 24.0 Å². The normalized spacial score (nSPS) is 12.4. The molecule has 1 aromatic rings. The summed E-state index contributed by atoms with van der Waals surface area (Å²) >= 11 is 0. The first-order chi connectivity index (χ1) is 7.76. The van der Waals surface area contributed by atoms with Crippen molar-refractivity contribution in [2.75, 3.05) is 5.32 Å². The van der Waals surface area contributed by atoms with Gasteiger partial charge in [-0.05, 0) is 31.9 Å². The maximum atomic E-state index is 4.22. The van der Waals surface area contributed by atoms with Gasteiger partial charge in [0.1, 0.15) is 0 Å². The summed E-state index contributed by atoms with van der Waals surface area (Å²) in [4.78, 5) is 4.22. The maximum absolute atomic E-state index is 4.22. The summed E-state index contributed by atoms with van der Waals surface area (Å²) in [6.07, 6.45) is 8.22. The first-order valence-electron chi connectivity index (χ1n) is 6.45. The lowest BCUT2D eigenvalue weighted by molar-refractivity contribution is 0.564. The van der Waals surface area contributed by atoms with Crippen LogP contribution in [0.2, 0.25) is 0 Å². The van der Waals surface area contributed by atoms with E-state index in [9.17, 15) is 0 Å². The van der Waals surface area contributed by atoms with Crippen LogP contribution in [0.4, 0.5) is 5.69 Å². The number of nitrogens with zero attached hydrogens (tertiary/aromatic N) is 1. The fourth-order valence-corrected chi connectivity index (χ4v) is 1.96. The molecule has 0 bridgehead atoms. The Morgan fingerprint density at radius 1 is 1.25 bits per heavy atom. The molecule has 90 valence electrons. The monoisotopic (exact) mass is 220 g/mol. The zero-order chi connectivity index (χ0) is 11.8. The van der Waals surface area contributed by atoms with Crippen molar-refractivity contribution >= 4 is 5.69 Å². The largest absolute Gasteiger partial charge is 0.382 e. The SMILES string of the molecule is CCCCC(CCC)Nc1ccnc(C)c1. The van der Waals surface area contributed by atoms with Gasteiger partial charge in [-0.1, -0.05) is 33.1 Å². The lowest BCUT2D eigenvalue weighted by Crippen LogP contribution is -2.19. The lowest BCUT2D eigenvalue weighted by Gasteiger charge is -2.19. The van der Waals surface area contributed by atoms with E-state index >= 15 is 0 Å². The van der Waals surface area contributed by atoms with Crippen LogP contribution < -0.4 is 5.32 Å². The van der Waals surface area contributed by atoms with Gasteiger partial charge in [0.05, 0.1) is 0 Å². The van der Waals surface area contributed by atoms with Crippen LogP contribution in [0, 0.1) is 6.92 Å². The minimum Gasteiger partial charge on any atom is -0.382 e. The number of anilines is 1. The van der Waals surface area contributed by atoms with Gasteiger partial charge in [-0.25, -0.2) is 0 Å². The third-order valence-corrected chi connectivity index (χ3v) is 2.81. The van der Waals surface area contributed by atoms with Crippen LogP contribution in [-0.4, -0.2) is 11.0 Å². The van der Waals surface area contributed by atoms with Gasteiger partial charge in [0.2, 0.25) is 0 Å². The summed E-state index contributed by atoms with van der Waals surface area (Å²) in [6.45, 7) is 6.53. The highest BCUT2D eigenvalue weighted by atomic mass is 14.9. The van der Waals surface area contributed by atoms with E-state index in [1.807, 2.05) is 13.1 Å². The van der Waals surface area contributed by atoms with Gasteiger partial charge in [0.25, 0.3) is 0 Å². The van der Waals surface area contributed by atoms with E-state index in [2.05, 4.69) is 36.3 Å². The van der Waals surface area contributed by atoms with E-state index in [-0.39, 0.29) is 0 Å². The smallest absolute Gasteiger partial charge is 0.0393 e. The van der Waals surface area contributed by atoms with Crippen LogP contribution >= 0.6 is 0 Å². The highest BCUT2D eigenvalue weighted by molar-refractivity contribution is 5.43. The van der Waals surface area contributed by atoms with E-state index in [0.717, 1.165) is 5.69 Å². The second-order valence-electron chi connectivity index (χ2n) is 4.46. The Bertz CT molecular complexity index is 297. The Kier molecular flexibility index (Phi) is 5.91. The Labute approximate surface area is 99.5 Å². The predicted octanol–water partition coefficient (Wildman–Crippen LogP) is 4.16. The molecule has 0 saturated heterocycles. The van der Waals surface area contributed by atoms with Crippen LogP contribution in [0.5, 0.6) is 0 Å². The molecule has 1 aromatic heterocycles. The molecule has 16 heavy (non-hydrogen) atoms. The number of aryl methyl sites for hydroxylation is 1. The maximum Gasteiger partial charge on any atom is 0.0393 e. The van der Waals surface area contributed by atoms with Crippen LogP contribution in [0.1, 0.15) is 51.6 Å². The molecule has 0 fully saturated rings. The summed E-state index contributed by atoms with van der Waals surface area (Å²) in [7, 11) is 0. The predicted molar refractivity (Wildman–Crippen MR) is 70.8 cm³/mol. The van der Waals surface area contributed by atoms with Crippen molar-refractivity contribution in [3.8, 4) is 0 Å². The number of pyridine rings is 1. The van der Waals surface area contributed by atoms with Gasteiger partial charge in [-0.3, -0.25) is 4.98 Å². The van der Waals surface area contributed by atoms with E-state index in [1.54, 1.807) is 0 Å². The van der Waals surface area contributed by atoms with Crippen molar-refractivity contribution in [1.82, 2.24) is 4.98 Å². The van der Waals surface area contributed by atoms with Crippen LogP contribution in [0.15, 0.2) is 18.3 Å². The Hall–Kier alpha value is -1.05. The highest BCUT2D eigenvalue weighted by Gasteiger charge is 2.06. The second kappa shape index (κ2) is 7.26. The molecule has 0 radical (unpaired) electrons. The van der Waals surface area contributed by atoms with Crippen LogP contribution in [0.25, 0.3) is 0 Å². The van der Waals surface area contributed by atoms with Crippen LogP contribution in [-0.2, 0) is 0 Å².